The SMILES string of the molecule is Cc1cccc(OCC(=O)OCC(=O)Nc2ccccc2SCC(N)=O)c1. The number of hydrogen-bond donors (Lipinski definition) is 2. The number of primary amides is 1. The van der Waals surface area contributed by atoms with Crippen LogP contribution in [0.15, 0.2) is 53.4 Å². The van der Waals surface area contributed by atoms with Crippen LogP contribution in [-0.2, 0) is 19.1 Å². The molecule has 0 heterocycles. The Bertz CT molecular complexity index is 825. The van der Waals surface area contributed by atoms with E-state index < -0.39 is 24.4 Å². The minimum absolute atomic E-state index is 0.0954. The van der Waals surface area contributed by atoms with E-state index in [1.54, 1.807) is 36.4 Å². The highest BCUT2D eigenvalue weighted by Crippen LogP contribution is 2.26. The third kappa shape index (κ3) is 7.41. The van der Waals surface area contributed by atoms with E-state index in [9.17, 15) is 14.4 Å². The molecule has 0 aliphatic carbocycles. The first kappa shape index (κ1) is 20.3. The smallest absolute Gasteiger partial charge is 0.344 e. The van der Waals surface area contributed by atoms with Crippen LogP contribution < -0.4 is 15.8 Å². The van der Waals surface area contributed by atoms with Crippen LogP contribution in [0.4, 0.5) is 5.69 Å². The zero-order chi connectivity index (χ0) is 19.6. The summed E-state index contributed by atoms with van der Waals surface area (Å²) in [5.41, 5.74) is 6.66. The summed E-state index contributed by atoms with van der Waals surface area (Å²) in [5, 5.41) is 2.64. The molecule has 0 unspecified atom stereocenters. The number of ether oxygens (including phenoxy) is 2. The van der Waals surface area contributed by atoms with Crippen molar-refractivity contribution in [1.29, 1.82) is 0 Å². The Labute approximate surface area is 161 Å². The van der Waals surface area contributed by atoms with Gasteiger partial charge in [-0.3, -0.25) is 9.59 Å². The van der Waals surface area contributed by atoms with Gasteiger partial charge in [0.2, 0.25) is 5.91 Å². The number of hydrogen-bond acceptors (Lipinski definition) is 6. The number of esters is 1. The predicted octanol–water partition coefficient (Wildman–Crippen LogP) is 2.13. The standard InChI is InChI=1S/C19H20N2O5S/c1-13-5-4-6-14(9-13)25-11-19(24)26-10-18(23)21-15-7-2-3-8-16(15)27-12-17(20)22/h2-9H,10-12H2,1H3,(H2,20,22)(H,21,23). The number of carbonyl (C=O) groups is 3. The molecular weight excluding hydrogens is 368 g/mol. The molecular formula is C19H20N2O5S. The summed E-state index contributed by atoms with van der Waals surface area (Å²) in [5.74, 6) is -0.951. The van der Waals surface area contributed by atoms with Crippen molar-refractivity contribution >= 4 is 35.2 Å². The number of aryl methyl sites for hydroxylation is 1. The van der Waals surface area contributed by atoms with E-state index in [0.717, 1.165) is 5.56 Å². The lowest BCUT2D eigenvalue weighted by molar-refractivity contribution is -0.149. The van der Waals surface area contributed by atoms with Gasteiger partial charge in [-0.2, -0.15) is 0 Å². The molecule has 0 aliphatic rings. The van der Waals surface area contributed by atoms with Crippen LogP contribution in [0.1, 0.15) is 5.56 Å². The van der Waals surface area contributed by atoms with Crippen molar-refractivity contribution in [2.24, 2.45) is 5.73 Å². The molecule has 27 heavy (non-hydrogen) atoms. The second-order valence-corrected chi connectivity index (χ2v) is 6.58. The molecule has 0 saturated carbocycles. The van der Waals surface area contributed by atoms with Crippen LogP contribution in [0.2, 0.25) is 0 Å². The second kappa shape index (κ2) is 10.2. The van der Waals surface area contributed by atoms with E-state index in [1.807, 2.05) is 19.1 Å². The fraction of sp³-hybridized carbons (Fsp3) is 0.211. The Balaban J connectivity index is 1.79. The molecule has 2 aromatic rings. The number of nitrogens with one attached hydrogen (secondary N) is 1. The molecule has 0 aromatic heterocycles. The van der Waals surface area contributed by atoms with Crippen molar-refractivity contribution in [2.75, 3.05) is 24.3 Å². The van der Waals surface area contributed by atoms with Gasteiger partial charge in [-0.1, -0.05) is 24.3 Å². The molecule has 2 amide bonds. The zero-order valence-corrected chi connectivity index (χ0v) is 15.6. The van der Waals surface area contributed by atoms with Gasteiger partial charge in [0.1, 0.15) is 5.75 Å². The summed E-state index contributed by atoms with van der Waals surface area (Å²) in [6.07, 6.45) is 0. The zero-order valence-electron chi connectivity index (χ0n) is 14.8. The minimum atomic E-state index is -0.650. The molecule has 0 bridgehead atoms. The summed E-state index contributed by atoms with van der Waals surface area (Å²) in [6.45, 7) is 1.18. The van der Waals surface area contributed by atoms with E-state index in [1.165, 1.54) is 11.8 Å². The van der Waals surface area contributed by atoms with Gasteiger partial charge in [0.25, 0.3) is 5.91 Å². The summed E-state index contributed by atoms with van der Waals surface area (Å²) in [4.78, 5) is 35.3. The molecule has 142 valence electrons. The maximum atomic E-state index is 12.0. The average molecular weight is 388 g/mol. The summed E-state index contributed by atoms with van der Waals surface area (Å²) in [7, 11) is 0. The Morgan fingerprint density at radius 2 is 1.85 bits per heavy atom. The van der Waals surface area contributed by atoms with Gasteiger partial charge in [-0.05, 0) is 36.8 Å². The van der Waals surface area contributed by atoms with E-state index in [2.05, 4.69) is 5.32 Å². The molecule has 0 saturated heterocycles. The van der Waals surface area contributed by atoms with Gasteiger partial charge < -0.3 is 20.5 Å². The topological polar surface area (TPSA) is 108 Å². The first-order valence-corrected chi connectivity index (χ1v) is 9.07. The molecule has 0 spiro atoms. The van der Waals surface area contributed by atoms with Gasteiger partial charge in [0, 0.05) is 4.90 Å². The lowest BCUT2D eigenvalue weighted by Crippen LogP contribution is -2.24. The molecule has 0 fully saturated rings. The number of nitrogens with two attached hydrogens (primary N) is 1. The number of carbonyl (C=O) groups excluding carboxylic acids is 3. The number of benzene rings is 2. The highest BCUT2D eigenvalue weighted by molar-refractivity contribution is 8.00. The average Bonchev–Trinajstić information content (AvgIpc) is 2.64. The predicted molar refractivity (Wildman–Crippen MR) is 103 cm³/mol. The highest BCUT2D eigenvalue weighted by atomic mass is 32.2. The van der Waals surface area contributed by atoms with E-state index >= 15 is 0 Å². The maximum absolute atomic E-state index is 12.0. The number of thioether (sulfide) groups is 1. The minimum Gasteiger partial charge on any atom is -0.482 e. The Hall–Kier alpha value is -3.00. The van der Waals surface area contributed by atoms with Crippen molar-refractivity contribution in [3.05, 3.63) is 54.1 Å². The van der Waals surface area contributed by atoms with Gasteiger partial charge in [-0.15, -0.1) is 11.8 Å². The number of amides is 2. The van der Waals surface area contributed by atoms with Crippen LogP contribution in [0, 0.1) is 6.92 Å². The number of anilines is 1. The quantitative estimate of drug-likeness (QED) is 0.503. The molecule has 0 radical (unpaired) electrons. The van der Waals surface area contributed by atoms with Gasteiger partial charge in [0.05, 0.1) is 11.4 Å². The van der Waals surface area contributed by atoms with Crippen molar-refractivity contribution in [2.45, 2.75) is 11.8 Å². The molecule has 3 N–H and O–H groups in total. The lowest BCUT2D eigenvalue weighted by Gasteiger charge is -2.11. The van der Waals surface area contributed by atoms with Gasteiger partial charge in [0.15, 0.2) is 13.2 Å². The fourth-order valence-corrected chi connectivity index (χ4v) is 2.81. The first-order valence-electron chi connectivity index (χ1n) is 8.09. The Kier molecular flexibility index (Phi) is 7.69. The van der Waals surface area contributed by atoms with Crippen molar-refractivity contribution in [1.82, 2.24) is 0 Å². The van der Waals surface area contributed by atoms with Gasteiger partial charge in [-0.25, -0.2) is 4.79 Å². The van der Waals surface area contributed by atoms with E-state index in [4.69, 9.17) is 15.2 Å². The Morgan fingerprint density at radius 1 is 1.07 bits per heavy atom. The van der Waals surface area contributed by atoms with E-state index in [0.29, 0.717) is 16.3 Å². The molecule has 8 heteroatoms. The molecule has 2 rings (SSSR count). The lowest BCUT2D eigenvalue weighted by atomic mass is 10.2. The maximum Gasteiger partial charge on any atom is 0.344 e. The van der Waals surface area contributed by atoms with Crippen molar-refractivity contribution < 1.29 is 23.9 Å². The highest BCUT2D eigenvalue weighted by Gasteiger charge is 2.11. The largest absolute Gasteiger partial charge is 0.482 e. The normalized spacial score (nSPS) is 10.1. The summed E-state index contributed by atoms with van der Waals surface area (Å²) in [6, 6.07) is 14.2. The van der Waals surface area contributed by atoms with Crippen molar-refractivity contribution in [3.63, 3.8) is 0 Å². The number of rotatable bonds is 9. The van der Waals surface area contributed by atoms with Crippen LogP contribution >= 0.6 is 11.8 Å². The van der Waals surface area contributed by atoms with Crippen LogP contribution in [0.3, 0.4) is 0 Å². The molecule has 7 nitrogen and oxygen atoms in total. The number of para-hydroxylation sites is 1. The van der Waals surface area contributed by atoms with Crippen LogP contribution in [-0.4, -0.2) is 36.8 Å². The van der Waals surface area contributed by atoms with Crippen molar-refractivity contribution in [3.8, 4) is 5.75 Å². The monoisotopic (exact) mass is 388 g/mol. The third-order valence-corrected chi connectivity index (χ3v) is 4.34. The second-order valence-electron chi connectivity index (χ2n) is 5.57. The van der Waals surface area contributed by atoms with Crippen LogP contribution in [0.25, 0.3) is 0 Å². The first-order chi connectivity index (χ1) is 12.9. The summed E-state index contributed by atoms with van der Waals surface area (Å²) < 4.78 is 10.2. The molecule has 0 atom stereocenters. The van der Waals surface area contributed by atoms with E-state index in [-0.39, 0.29) is 12.4 Å². The summed E-state index contributed by atoms with van der Waals surface area (Å²) >= 11 is 1.21. The third-order valence-electron chi connectivity index (χ3n) is 3.24. The fourth-order valence-electron chi connectivity index (χ4n) is 2.07. The molecule has 0 aliphatic heterocycles. The van der Waals surface area contributed by atoms with Gasteiger partial charge >= 0.3 is 5.97 Å². The van der Waals surface area contributed by atoms with Crippen LogP contribution in [0.5, 0.6) is 5.75 Å². The Morgan fingerprint density at radius 3 is 2.59 bits per heavy atom. The molecule has 2 aromatic carbocycles.